The van der Waals surface area contributed by atoms with Crippen molar-refractivity contribution in [2.45, 2.75) is 112 Å². The maximum absolute atomic E-state index is 13.8. The quantitative estimate of drug-likeness (QED) is 0.207. The number of rotatable bonds is 8. The molecule has 0 spiro atoms. The van der Waals surface area contributed by atoms with Gasteiger partial charge in [0.25, 0.3) is 0 Å². The smallest absolute Gasteiger partial charge is 0.310 e. The number of aryl methyl sites for hydroxylation is 1. The maximum Gasteiger partial charge on any atom is 0.310 e. The fourth-order valence-corrected chi connectivity index (χ4v) is 5.61. The molecule has 0 bridgehead atoms. The Labute approximate surface area is 255 Å². The molecule has 234 valence electrons. The van der Waals surface area contributed by atoms with Gasteiger partial charge < -0.3 is 20.3 Å². The van der Waals surface area contributed by atoms with E-state index in [2.05, 4.69) is 4.98 Å². The monoisotopic (exact) mass is 602 g/mol. The minimum absolute atomic E-state index is 0.164. The number of hydrogen-bond donors (Lipinski definition) is 2. The summed E-state index contributed by atoms with van der Waals surface area (Å²) in [7, 11) is 0. The number of Topliss-reactive ketones (excluding diaryl/α,β-unsaturated/α-hetero) is 1. The van der Waals surface area contributed by atoms with E-state index in [0.717, 1.165) is 34.7 Å². The number of thiazole rings is 1. The van der Waals surface area contributed by atoms with Crippen LogP contribution in [0.25, 0.3) is 6.08 Å². The van der Waals surface area contributed by atoms with Gasteiger partial charge in [0.05, 0.1) is 28.6 Å². The molecule has 0 saturated heterocycles. The molecule has 1 aliphatic rings. The van der Waals surface area contributed by atoms with Gasteiger partial charge in [-0.05, 0) is 72.1 Å². The van der Waals surface area contributed by atoms with Gasteiger partial charge in [-0.3, -0.25) is 14.4 Å². The Morgan fingerprint density at radius 1 is 1.24 bits per heavy atom. The number of carbonyl (C=O) groups is 3. The van der Waals surface area contributed by atoms with E-state index >= 15 is 0 Å². The summed E-state index contributed by atoms with van der Waals surface area (Å²) in [6.07, 6.45) is 8.54. The summed E-state index contributed by atoms with van der Waals surface area (Å²) >= 11 is 1.55. The Morgan fingerprint density at radius 3 is 2.60 bits per heavy atom. The van der Waals surface area contributed by atoms with E-state index in [1.54, 1.807) is 32.1 Å². The van der Waals surface area contributed by atoms with Crippen LogP contribution < -0.4 is 5.73 Å². The van der Waals surface area contributed by atoms with E-state index in [4.69, 9.17) is 15.2 Å². The molecule has 0 aromatic carbocycles. The Hall–Kier alpha value is -2.62. The van der Waals surface area contributed by atoms with Gasteiger partial charge in [-0.2, -0.15) is 0 Å². The van der Waals surface area contributed by atoms with Crippen LogP contribution in [0.5, 0.6) is 0 Å². The summed E-state index contributed by atoms with van der Waals surface area (Å²) in [6.45, 7) is 13.3. The minimum atomic E-state index is -1.25. The van der Waals surface area contributed by atoms with Crippen LogP contribution in [0.1, 0.15) is 97.2 Å². The second-order valence-corrected chi connectivity index (χ2v) is 13.1. The molecule has 0 radical (unpaired) electrons. The van der Waals surface area contributed by atoms with Crippen LogP contribution in [0.2, 0.25) is 0 Å². The van der Waals surface area contributed by atoms with Crippen molar-refractivity contribution in [3.63, 3.8) is 0 Å². The lowest BCUT2D eigenvalue weighted by Crippen LogP contribution is -2.47. The van der Waals surface area contributed by atoms with Gasteiger partial charge in [0.2, 0.25) is 0 Å². The minimum Gasteiger partial charge on any atom is -0.461 e. The zero-order valence-corrected chi connectivity index (χ0v) is 27.2. The first kappa shape index (κ1) is 35.6. The third-order valence-corrected chi connectivity index (χ3v) is 8.76. The molecule has 0 fully saturated rings. The molecule has 0 aliphatic carbocycles. The molecule has 42 heavy (non-hydrogen) atoms. The standard InChI is InChI=1S/C33H50N2O6S/c1-21-12-11-13-22(2)31(38)24(4)32(39)33(6,7)28(41-29(36)14-9-8-10-17-34)19-30(37)40-27(16-15-21)23(3)18-26-20-42-25(5)35-26/h11,13,15,18,20,22,24,27-28,31,38H,8-10,12,14,16-17,19,34H2,1-7H3/t22-,24+,27-,28-,31-/m0/s1. The van der Waals surface area contributed by atoms with Crippen molar-refractivity contribution >= 4 is 35.1 Å². The van der Waals surface area contributed by atoms with Crippen molar-refractivity contribution in [1.29, 1.82) is 0 Å². The number of allylic oxidation sites excluding steroid dienone is 2. The average molecular weight is 603 g/mol. The largest absolute Gasteiger partial charge is 0.461 e. The fraction of sp³-hybridized carbons (Fsp3) is 0.636. The van der Waals surface area contributed by atoms with Gasteiger partial charge >= 0.3 is 11.9 Å². The number of nitrogens with two attached hydrogens (primary N) is 1. The predicted octanol–water partition coefficient (Wildman–Crippen LogP) is 6.11. The third-order valence-electron chi connectivity index (χ3n) is 7.97. The van der Waals surface area contributed by atoms with Crippen LogP contribution in [0.15, 0.2) is 34.8 Å². The first-order chi connectivity index (χ1) is 19.8. The van der Waals surface area contributed by atoms with Gasteiger partial charge in [-0.15, -0.1) is 11.3 Å². The molecule has 2 rings (SSSR count). The molecule has 9 heteroatoms. The van der Waals surface area contributed by atoms with Crippen molar-refractivity contribution in [2.75, 3.05) is 6.54 Å². The number of ether oxygens (including phenoxy) is 2. The molecule has 2 heterocycles. The predicted molar refractivity (Wildman–Crippen MR) is 168 cm³/mol. The van der Waals surface area contributed by atoms with Crippen LogP contribution in [0.3, 0.4) is 0 Å². The molecule has 0 unspecified atom stereocenters. The lowest BCUT2D eigenvalue weighted by atomic mass is 9.73. The van der Waals surface area contributed by atoms with Crippen LogP contribution in [-0.4, -0.2) is 52.7 Å². The SMILES string of the molecule is CC1=CC[C@@H](C(C)=Cc2csc(C)n2)OC(=O)C[C@H](OC(=O)CCCCCN)C(C)(C)C(=O)[C@H](C)[C@@H](O)[C@@H](C)C=CC1. The highest BCUT2D eigenvalue weighted by Crippen LogP contribution is 2.34. The summed E-state index contributed by atoms with van der Waals surface area (Å²) < 4.78 is 11.8. The first-order valence-corrected chi connectivity index (χ1v) is 15.9. The van der Waals surface area contributed by atoms with E-state index < -0.39 is 41.6 Å². The highest BCUT2D eigenvalue weighted by molar-refractivity contribution is 7.09. The molecule has 1 aromatic rings. The van der Waals surface area contributed by atoms with E-state index in [9.17, 15) is 19.5 Å². The molecule has 5 atom stereocenters. The molecule has 0 amide bonds. The number of esters is 2. The molecular weight excluding hydrogens is 552 g/mol. The van der Waals surface area contributed by atoms with E-state index in [-0.39, 0.29) is 24.5 Å². The highest BCUT2D eigenvalue weighted by Gasteiger charge is 2.45. The van der Waals surface area contributed by atoms with Crippen LogP contribution in [-0.2, 0) is 23.9 Å². The van der Waals surface area contributed by atoms with Gasteiger partial charge in [-0.1, -0.05) is 44.1 Å². The Bertz CT molecular complexity index is 1150. The van der Waals surface area contributed by atoms with E-state index in [1.165, 1.54) is 0 Å². The molecule has 1 aromatic heterocycles. The second kappa shape index (κ2) is 16.9. The van der Waals surface area contributed by atoms with Crippen molar-refractivity contribution in [2.24, 2.45) is 23.0 Å². The highest BCUT2D eigenvalue weighted by atomic mass is 32.1. The van der Waals surface area contributed by atoms with Gasteiger partial charge in [0, 0.05) is 30.1 Å². The number of aromatic nitrogens is 1. The number of nitrogens with zero attached hydrogens (tertiary/aromatic N) is 1. The summed E-state index contributed by atoms with van der Waals surface area (Å²) in [5.74, 6) is -2.34. The Balaban J connectivity index is 2.44. The zero-order chi connectivity index (χ0) is 31.4. The molecule has 0 saturated carbocycles. The number of aliphatic hydroxyl groups is 1. The summed E-state index contributed by atoms with van der Waals surface area (Å²) in [6, 6.07) is 0. The van der Waals surface area contributed by atoms with Gasteiger partial charge in [-0.25, -0.2) is 4.98 Å². The number of ketones is 1. The number of unbranched alkanes of at least 4 members (excludes halogenated alkanes) is 2. The number of hydrogen-bond acceptors (Lipinski definition) is 9. The maximum atomic E-state index is 13.8. The van der Waals surface area contributed by atoms with Crippen molar-refractivity contribution in [3.8, 4) is 0 Å². The number of aliphatic hydroxyl groups excluding tert-OH is 1. The average Bonchev–Trinajstić information content (AvgIpc) is 3.35. The van der Waals surface area contributed by atoms with Crippen molar-refractivity contribution < 1.29 is 29.0 Å². The summed E-state index contributed by atoms with van der Waals surface area (Å²) in [4.78, 5) is 44.6. The molecular formula is C33H50N2O6S. The van der Waals surface area contributed by atoms with E-state index in [1.807, 2.05) is 57.4 Å². The zero-order valence-electron chi connectivity index (χ0n) is 26.4. The molecule has 8 nitrogen and oxygen atoms in total. The topological polar surface area (TPSA) is 129 Å². The molecule has 1 aliphatic heterocycles. The lowest BCUT2D eigenvalue weighted by Gasteiger charge is -2.36. The Morgan fingerprint density at radius 2 is 1.95 bits per heavy atom. The van der Waals surface area contributed by atoms with Gasteiger partial charge in [0.15, 0.2) is 0 Å². The van der Waals surface area contributed by atoms with Crippen LogP contribution in [0, 0.1) is 24.2 Å². The normalized spacial score (nSPS) is 26.5. The number of cyclic esters (lactones) is 1. The van der Waals surface area contributed by atoms with Crippen molar-refractivity contribution in [1.82, 2.24) is 4.98 Å². The van der Waals surface area contributed by atoms with Crippen LogP contribution in [0.4, 0.5) is 0 Å². The van der Waals surface area contributed by atoms with E-state index in [0.29, 0.717) is 25.8 Å². The lowest BCUT2D eigenvalue weighted by molar-refractivity contribution is -0.167. The van der Waals surface area contributed by atoms with Gasteiger partial charge in [0.1, 0.15) is 18.0 Å². The summed E-state index contributed by atoms with van der Waals surface area (Å²) in [5.41, 5.74) is 7.04. The second-order valence-electron chi connectivity index (χ2n) is 12.1. The third kappa shape index (κ3) is 10.9. The Kier molecular flexibility index (Phi) is 14.3. The van der Waals surface area contributed by atoms with Crippen LogP contribution >= 0.6 is 11.3 Å². The summed E-state index contributed by atoms with van der Waals surface area (Å²) in [5, 5.41) is 13.9. The fourth-order valence-electron chi connectivity index (χ4n) is 5.04. The first-order valence-electron chi connectivity index (χ1n) is 15.0. The van der Waals surface area contributed by atoms with Crippen molar-refractivity contribution in [3.05, 3.63) is 45.5 Å². The number of carbonyl (C=O) groups excluding carboxylic acids is 3. The molecule has 3 N–H and O–H groups in total.